The molecule has 0 aliphatic carbocycles. The SMILES string of the molecule is CCCC(=S)NCC1CN(c2ccc(N3CCSCC3)c(F)c2)C(=O)O1. The minimum Gasteiger partial charge on any atom is -0.442 e. The van der Waals surface area contributed by atoms with Crippen LogP contribution in [0.3, 0.4) is 0 Å². The number of hydrogen-bond donors (Lipinski definition) is 1. The van der Waals surface area contributed by atoms with Crippen molar-refractivity contribution < 1.29 is 13.9 Å². The molecule has 2 saturated heterocycles. The number of nitrogens with zero attached hydrogens (tertiary/aromatic N) is 2. The Morgan fingerprint density at radius 3 is 2.88 bits per heavy atom. The highest BCUT2D eigenvalue weighted by Crippen LogP contribution is 2.29. The summed E-state index contributed by atoms with van der Waals surface area (Å²) in [5, 5.41) is 3.13. The number of carbonyl (C=O) groups is 1. The van der Waals surface area contributed by atoms with Gasteiger partial charge in [-0.15, -0.1) is 0 Å². The fraction of sp³-hybridized carbons (Fsp3) is 0.556. The van der Waals surface area contributed by atoms with E-state index in [9.17, 15) is 9.18 Å². The van der Waals surface area contributed by atoms with Crippen molar-refractivity contribution in [2.24, 2.45) is 0 Å². The van der Waals surface area contributed by atoms with Crippen LogP contribution in [0.5, 0.6) is 0 Å². The summed E-state index contributed by atoms with van der Waals surface area (Å²) in [4.78, 5) is 16.5. The van der Waals surface area contributed by atoms with Crippen LogP contribution >= 0.6 is 24.0 Å². The second-order valence-corrected chi connectivity index (χ2v) is 8.12. The molecule has 8 heteroatoms. The van der Waals surface area contributed by atoms with Gasteiger partial charge in [0.1, 0.15) is 11.9 Å². The molecule has 0 saturated carbocycles. The van der Waals surface area contributed by atoms with Crippen molar-refractivity contribution in [1.82, 2.24) is 5.32 Å². The molecule has 0 bridgehead atoms. The lowest BCUT2D eigenvalue weighted by atomic mass is 10.2. The van der Waals surface area contributed by atoms with Crippen LogP contribution in [0.25, 0.3) is 0 Å². The zero-order valence-electron chi connectivity index (χ0n) is 14.9. The molecule has 0 radical (unpaired) electrons. The highest BCUT2D eigenvalue weighted by atomic mass is 32.2. The number of rotatable bonds is 6. The average molecular weight is 398 g/mol. The van der Waals surface area contributed by atoms with E-state index in [2.05, 4.69) is 17.1 Å². The summed E-state index contributed by atoms with van der Waals surface area (Å²) in [6.07, 6.45) is 1.06. The molecule has 0 aromatic heterocycles. The van der Waals surface area contributed by atoms with Gasteiger partial charge < -0.3 is 15.0 Å². The van der Waals surface area contributed by atoms with Crippen LogP contribution in [-0.2, 0) is 4.74 Å². The Hall–Kier alpha value is -1.54. The van der Waals surface area contributed by atoms with E-state index in [0.717, 1.165) is 42.4 Å². The minimum atomic E-state index is -0.445. The van der Waals surface area contributed by atoms with Gasteiger partial charge in [0.2, 0.25) is 0 Å². The number of amides is 1. The number of benzene rings is 1. The Morgan fingerprint density at radius 1 is 1.42 bits per heavy atom. The Kier molecular flexibility index (Phi) is 6.58. The summed E-state index contributed by atoms with van der Waals surface area (Å²) < 4.78 is 20.0. The number of anilines is 2. The normalized spacial score (nSPS) is 20.2. The molecule has 5 nitrogen and oxygen atoms in total. The molecule has 1 atom stereocenters. The van der Waals surface area contributed by atoms with Gasteiger partial charge in [0, 0.05) is 24.6 Å². The molecule has 142 valence electrons. The summed E-state index contributed by atoms with van der Waals surface area (Å²) in [5.41, 5.74) is 1.13. The van der Waals surface area contributed by atoms with Crippen molar-refractivity contribution in [3.8, 4) is 0 Å². The first-order valence-corrected chi connectivity index (χ1v) is 10.5. The third-order valence-electron chi connectivity index (χ3n) is 4.47. The van der Waals surface area contributed by atoms with E-state index in [1.807, 2.05) is 11.8 Å². The molecule has 2 heterocycles. The largest absolute Gasteiger partial charge is 0.442 e. The number of carbonyl (C=O) groups excluding carboxylic acids is 1. The lowest BCUT2D eigenvalue weighted by Gasteiger charge is -2.29. The number of thiocarbonyl (C=S) groups is 1. The molecule has 1 amide bonds. The van der Waals surface area contributed by atoms with Crippen LogP contribution in [0.1, 0.15) is 19.8 Å². The number of nitrogens with one attached hydrogen (secondary N) is 1. The van der Waals surface area contributed by atoms with E-state index in [0.29, 0.717) is 24.5 Å². The molecule has 26 heavy (non-hydrogen) atoms. The Balaban J connectivity index is 1.62. The maximum atomic E-state index is 14.6. The first-order valence-electron chi connectivity index (χ1n) is 8.95. The summed E-state index contributed by atoms with van der Waals surface area (Å²) in [7, 11) is 0. The maximum Gasteiger partial charge on any atom is 0.414 e. The molecule has 1 unspecified atom stereocenters. The van der Waals surface area contributed by atoms with Gasteiger partial charge in [0.25, 0.3) is 0 Å². The second kappa shape index (κ2) is 8.90. The minimum absolute atomic E-state index is 0.292. The first-order chi connectivity index (χ1) is 12.6. The summed E-state index contributed by atoms with van der Waals surface area (Å²) in [6, 6.07) is 4.98. The van der Waals surface area contributed by atoms with Crippen LogP contribution in [0.15, 0.2) is 18.2 Å². The second-order valence-electron chi connectivity index (χ2n) is 6.41. The van der Waals surface area contributed by atoms with Crippen molar-refractivity contribution in [3.63, 3.8) is 0 Å². The van der Waals surface area contributed by atoms with Crippen molar-refractivity contribution in [2.75, 3.05) is 47.5 Å². The highest BCUT2D eigenvalue weighted by Gasteiger charge is 2.32. The molecule has 2 aliphatic heterocycles. The topological polar surface area (TPSA) is 44.8 Å². The van der Waals surface area contributed by atoms with Crippen molar-refractivity contribution in [3.05, 3.63) is 24.0 Å². The van der Waals surface area contributed by atoms with E-state index in [-0.39, 0.29) is 11.9 Å². The van der Waals surface area contributed by atoms with Gasteiger partial charge in [-0.25, -0.2) is 9.18 Å². The molecule has 1 N–H and O–H groups in total. The third-order valence-corrected chi connectivity index (χ3v) is 5.76. The monoisotopic (exact) mass is 397 g/mol. The van der Waals surface area contributed by atoms with Gasteiger partial charge in [0.15, 0.2) is 0 Å². The molecule has 3 rings (SSSR count). The summed E-state index contributed by atoms with van der Waals surface area (Å²) in [6.45, 7) is 4.62. The quantitative estimate of drug-likeness (QED) is 0.742. The Morgan fingerprint density at radius 2 is 2.19 bits per heavy atom. The molecule has 2 fully saturated rings. The number of halogens is 1. The third kappa shape index (κ3) is 4.59. The Labute approximate surface area is 163 Å². The molecular weight excluding hydrogens is 373 g/mol. The van der Waals surface area contributed by atoms with E-state index in [1.165, 1.54) is 11.0 Å². The van der Waals surface area contributed by atoms with E-state index < -0.39 is 6.09 Å². The lowest BCUT2D eigenvalue weighted by Crippen LogP contribution is -2.34. The van der Waals surface area contributed by atoms with Gasteiger partial charge in [-0.05, 0) is 31.0 Å². The number of hydrogen-bond acceptors (Lipinski definition) is 5. The van der Waals surface area contributed by atoms with Crippen molar-refractivity contribution in [1.29, 1.82) is 0 Å². The average Bonchev–Trinajstić information content (AvgIpc) is 3.02. The van der Waals surface area contributed by atoms with E-state index >= 15 is 0 Å². The standard InChI is InChI=1S/C18H24FN3O2S2/c1-2-3-17(25)20-11-14-12-22(18(23)24-14)13-4-5-16(15(19)10-13)21-6-8-26-9-7-21/h4-5,10,14H,2-3,6-9,11-12H2,1H3,(H,20,25). The number of cyclic esters (lactones) is 1. The van der Waals surface area contributed by atoms with Gasteiger partial charge in [-0.1, -0.05) is 19.1 Å². The van der Waals surface area contributed by atoms with Crippen molar-refractivity contribution >= 4 is 46.4 Å². The van der Waals surface area contributed by atoms with Gasteiger partial charge in [-0.3, -0.25) is 4.90 Å². The predicted molar refractivity (Wildman–Crippen MR) is 109 cm³/mol. The van der Waals surface area contributed by atoms with Crippen molar-refractivity contribution in [2.45, 2.75) is 25.9 Å². The fourth-order valence-corrected chi connectivity index (χ4v) is 4.30. The van der Waals surface area contributed by atoms with Crippen LogP contribution in [0.2, 0.25) is 0 Å². The van der Waals surface area contributed by atoms with E-state index in [4.69, 9.17) is 17.0 Å². The number of thioether (sulfide) groups is 1. The maximum absolute atomic E-state index is 14.6. The zero-order valence-corrected chi connectivity index (χ0v) is 16.5. The smallest absolute Gasteiger partial charge is 0.414 e. The van der Waals surface area contributed by atoms with Gasteiger partial charge in [-0.2, -0.15) is 11.8 Å². The highest BCUT2D eigenvalue weighted by molar-refractivity contribution is 7.99. The first kappa shape index (κ1) is 19.2. The molecular formula is C18H24FN3O2S2. The number of ether oxygens (including phenoxy) is 1. The molecule has 0 spiro atoms. The van der Waals surface area contributed by atoms with E-state index in [1.54, 1.807) is 12.1 Å². The van der Waals surface area contributed by atoms with Gasteiger partial charge >= 0.3 is 6.09 Å². The molecule has 2 aliphatic rings. The lowest BCUT2D eigenvalue weighted by molar-refractivity contribution is 0.143. The summed E-state index contributed by atoms with van der Waals surface area (Å²) in [5.74, 6) is 1.72. The molecule has 1 aromatic rings. The predicted octanol–water partition coefficient (Wildman–Crippen LogP) is 3.42. The Bertz CT molecular complexity index is 668. The zero-order chi connectivity index (χ0) is 18.5. The fourth-order valence-electron chi connectivity index (χ4n) is 3.11. The van der Waals surface area contributed by atoms with Gasteiger partial charge in [0.05, 0.1) is 29.5 Å². The van der Waals surface area contributed by atoms with Crippen LogP contribution in [0, 0.1) is 5.82 Å². The summed E-state index contributed by atoms with van der Waals surface area (Å²) >= 11 is 7.10. The van der Waals surface area contributed by atoms with Crippen LogP contribution < -0.4 is 15.1 Å². The van der Waals surface area contributed by atoms with Crippen LogP contribution in [-0.4, -0.2) is 54.9 Å². The molecule has 1 aromatic carbocycles. The van der Waals surface area contributed by atoms with Crippen LogP contribution in [0.4, 0.5) is 20.6 Å².